The number of hydrogen-bond donors (Lipinski definition) is 2. The molecule has 6 nitrogen and oxygen atoms in total. The van der Waals surface area contributed by atoms with Crippen molar-refractivity contribution in [2.75, 3.05) is 0 Å². The van der Waals surface area contributed by atoms with Gasteiger partial charge in [-0.15, -0.1) is 0 Å². The van der Waals surface area contributed by atoms with Gasteiger partial charge in [0, 0.05) is 17.9 Å². The van der Waals surface area contributed by atoms with Crippen LogP contribution in [0.5, 0.6) is 0 Å². The van der Waals surface area contributed by atoms with Gasteiger partial charge < -0.3 is 9.97 Å². The van der Waals surface area contributed by atoms with E-state index in [4.69, 9.17) is 0 Å². The lowest BCUT2D eigenvalue weighted by atomic mass is 10.3. The minimum absolute atomic E-state index is 0.0283. The number of aryl methyl sites for hydroxylation is 2. The second kappa shape index (κ2) is 6.39. The molecule has 0 saturated heterocycles. The zero-order chi connectivity index (χ0) is 16.6. The first-order valence-electron chi connectivity index (χ1n) is 7.78. The van der Waals surface area contributed by atoms with E-state index in [0.29, 0.717) is 22.1 Å². The maximum Gasteiger partial charge on any atom is 0.265 e. The SMILES string of the molecule is Cc1nc(C2CC2)c(Br)c(=O)[nH]1.Cc1nc(C2CC2)cc(=O)[nH]1. The van der Waals surface area contributed by atoms with Crippen molar-refractivity contribution in [3.63, 3.8) is 0 Å². The summed E-state index contributed by atoms with van der Waals surface area (Å²) in [5, 5.41) is 0. The molecule has 2 aromatic rings. The number of hydrogen-bond acceptors (Lipinski definition) is 4. The van der Waals surface area contributed by atoms with Crippen LogP contribution in [0.25, 0.3) is 0 Å². The van der Waals surface area contributed by atoms with Gasteiger partial charge in [0.25, 0.3) is 11.1 Å². The highest BCUT2D eigenvalue weighted by atomic mass is 79.9. The van der Waals surface area contributed by atoms with Gasteiger partial charge in [0.2, 0.25) is 0 Å². The lowest BCUT2D eigenvalue weighted by Gasteiger charge is -2.00. The van der Waals surface area contributed by atoms with Crippen molar-refractivity contribution in [2.24, 2.45) is 0 Å². The molecule has 2 heterocycles. The Morgan fingerprint density at radius 3 is 2.17 bits per heavy atom. The smallest absolute Gasteiger partial charge is 0.265 e. The average Bonchev–Trinajstić information content (AvgIpc) is 3.36. The number of aromatic amines is 2. The van der Waals surface area contributed by atoms with Gasteiger partial charge in [0.05, 0.1) is 11.4 Å². The monoisotopic (exact) mass is 378 g/mol. The summed E-state index contributed by atoms with van der Waals surface area (Å²) in [4.78, 5) is 36.0. The van der Waals surface area contributed by atoms with E-state index >= 15 is 0 Å². The number of halogens is 1. The van der Waals surface area contributed by atoms with Crippen LogP contribution in [0.1, 0.15) is 60.6 Å². The summed E-state index contributed by atoms with van der Waals surface area (Å²) in [6.07, 6.45) is 4.70. The fourth-order valence-corrected chi connectivity index (χ4v) is 2.92. The lowest BCUT2D eigenvalue weighted by Crippen LogP contribution is -2.13. The van der Waals surface area contributed by atoms with Crippen LogP contribution < -0.4 is 11.1 Å². The molecule has 23 heavy (non-hydrogen) atoms. The van der Waals surface area contributed by atoms with E-state index in [2.05, 4.69) is 35.9 Å². The van der Waals surface area contributed by atoms with E-state index in [0.717, 1.165) is 30.1 Å². The van der Waals surface area contributed by atoms with E-state index in [9.17, 15) is 9.59 Å². The Labute approximate surface area is 141 Å². The molecular formula is C16H19BrN4O2. The molecule has 2 N–H and O–H groups in total. The molecule has 0 spiro atoms. The normalized spacial score (nSPS) is 16.7. The predicted octanol–water partition coefficient (Wildman–Crippen LogP) is 2.67. The van der Waals surface area contributed by atoms with Crippen molar-refractivity contribution in [3.05, 3.63) is 54.3 Å². The molecule has 0 unspecified atom stereocenters. The summed E-state index contributed by atoms with van der Waals surface area (Å²) < 4.78 is 0.607. The van der Waals surface area contributed by atoms with E-state index < -0.39 is 0 Å². The summed E-state index contributed by atoms with van der Waals surface area (Å²) in [6, 6.07) is 1.60. The Hall–Kier alpha value is -1.76. The summed E-state index contributed by atoms with van der Waals surface area (Å²) in [6.45, 7) is 3.62. The number of nitrogens with zero attached hydrogens (tertiary/aromatic N) is 2. The molecule has 2 aliphatic carbocycles. The molecule has 2 saturated carbocycles. The molecule has 0 radical (unpaired) electrons. The quantitative estimate of drug-likeness (QED) is 0.839. The summed E-state index contributed by atoms with van der Waals surface area (Å²) in [5.41, 5.74) is 1.80. The molecule has 0 aliphatic heterocycles. The van der Waals surface area contributed by atoms with Crippen LogP contribution in [-0.2, 0) is 0 Å². The second-order valence-electron chi connectivity index (χ2n) is 6.15. The number of nitrogens with one attached hydrogen (secondary N) is 2. The Morgan fingerprint density at radius 1 is 1.00 bits per heavy atom. The number of aromatic nitrogens is 4. The third-order valence-corrected chi connectivity index (χ3v) is 4.61. The van der Waals surface area contributed by atoms with Crippen LogP contribution >= 0.6 is 15.9 Å². The van der Waals surface area contributed by atoms with Crippen LogP contribution in [0.15, 0.2) is 20.1 Å². The first-order valence-corrected chi connectivity index (χ1v) is 8.57. The highest BCUT2D eigenvalue weighted by Crippen LogP contribution is 2.41. The summed E-state index contributed by atoms with van der Waals surface area (Å²) >= 11 is 3.25. The third-order valence-electron chi connectivity index (χ3n) is 3.85. The fraction of sp³-hybridized carbons (Fsp3) is 0.500. The van der Waals surface area contributed by atoms with Gasteiger partial charge in [-0.05, 0) is 55.5 Å². The first kappa shape index (κ1) is 16.1. The van der Waals surface area contributed by atoms with E-state index in [1.807, 2.05) is 6.92 Å². The van der Waals surface area contributed by atoms with Crippen molar-refractivity contribution in [3.8, 4) is 0 Å². The van der Waals surface area contributed by atoms with Crippen molar-refractivity contribution < 1.29 is 0 Å². The Bertz CT molecular complexity index is 835. The average molecular weight is 379 g/mol. The standard InChI is InChI=1S/C8H9BrN2O.C8H10N2O/c1-4-10-7(5-2-3-5)6(9)8(12)11-4;1-5-9-7(6-2-3-6)4-8(11)10-5/h5H,2-3H2,1H3,(H,10,11,12);4,6H,2-3H2,1H3,(H,9,10,11). The fourth-order valence-electron chi connectivity index (χ4n) is 2.41. The number of rotatable bonds is 2. The minimum Gasteiger partial charge on any atom is -0.311 e. The number of H-pyrrole nitrogens is 2. The largest absolute Gasteiger partial charge is 0.311 e. The van der Waals surface area contributed by atoms with Gasteiger partial charge in [-0.1, -0.05) is 0 Å². The van der Waals surface area contributed by atoms with Gasteiger partial charge in [0.15, 0.2) is 0 Å². The Kier molecular flexibility index (Phi) is 4.48. The maximum absolute atomic E-state index is 11.3. The van der Waals surface area contributed by atoms with E-state index in [1.165, 1.54) is 12.8 Å². The Balaban J connectivity index is 0.000000136. The van der Waals surface area contributed by atoms with Crippen molar-refractivity contribution in [1.82, 2.24) is 19.9 Å². The van der Waals surface area contributed by atoms with Gasteiger partial charge >= 0.3 is 0 Å². The van der Waals surface area contributed by atoms with Crippen molar-refractivity contribution in [2.45, 2.75) is 51.4 Å². The van der Waals surface area contributed by atoms with E-state index in [-0.39, 0.29) is 11.1 Å². The summed E-state index contributed by atoms with van der Waals surface area (Å²) in [5.74, 6) is 2.50. The topological polar surface area (TPSA) is 91.5 Å². The molecule has 2 fully saturated rings. The first-order chi connectivity index (χ1) is 10.9. The van der Waals surface area contributed by atoms with Crippen LogP contribution in [0, 0.1) is 13.8 Å². The summed E-state index contributed by atoms with van der Waals surface area (Å²) in [7, 11) is 0. The molecular weight excluding hydrogens is 360 g/mol. The molecule has 2 aliphatic rings. The van der Waals surface area contributed by atoms with Crippen LogP contribution in [0.2, 0.25) is 0 Å². The Morgan fingerprint density at radius 2 is 1.61 bits per heavy atom. The third kappa shape index (κ3) is 4.16. The van der Waals surface area contributed by atoms with Crippen LogP contribution in [0.4, 0.5) is 0 Å². The molecule has 4 rings (SSSR count). The van der Waals surface area contributed by atoms with Gasteiger partial charge in [-0.3, -0.25) is 9.59 Å². The van der Waals surface area contributed by atoms with Crippen LogP contribution in [-0.4, -0.2) is 19.9 Å². The van der Waals surface area contributed by atoms with E-state index in [1.54, 1.807) is 13.0 Å². The lowest BCUT2D eigenvalue weighted by molar-refractivity contribution is 0.907. The maximum atomic E-state index is 11.3. The highest BCUT2D eigenvalue weighted by molar-refractivity contribution is 9.10. The van der Waals surface area contributed by atoms with Gasteiger partial charge in [0.1, 0.15) is 16.1 Å². The van der Waals surface area contributed by atoms with Crippen molar-refractivity contribution >= 4 is 15.9 Å². The molecule has 0 bridgehead atoms. The van der Waals surface area contributed by atoms with Crippen molar-refractivity contribution in [1.29, 1.82) is 0 Å². The molecule has 7 heteroatoms. The highest BCUT2D eigenvalue weighted by Gasteiger charge is 2.28. The second-order valence-corrected chi connectivity index (χ2v) is 6.95. The minimum atomic E-state index is -0.0654. The molecule has 0 amide bonds. The predicted molar refractivity (Wildman–Crippen MR) is 90.8 cm³/mol. The van der Waals surface area contributed by atoms with Gasteiger partial charge in [-0.2, -0.15) is 0 Å². The van der Waals surface area contributed by atoms with Crippen LogP contribution in [0.3, 0.4) is 0 Å². The zero-order valence-corrected chi connectivity index (χ0v) is 14.7. The molecule has 0 atom stereocenters. The molecule has 0 aromatic carbocycles. The zero-order valence-electron chi connectivity index (χ0n) is 13.1. The van der Waals surface area contributed by atoms with Gasteiger partial charge in [-0.25, -0.2) is 9.97 Å². The molecule has 122 valence electrons. The molecule has 2 aromatic heterocycles.